The number of hydrogen-bond acceptors (Lipinski definition) is 14. The summed E-state index contributed by atoms with van der Waals surface area (Å²) in [6.45, 7) is 0.417. The Bertz CT molecular complexity index is 770. The number of carbonyl (C=O) groups excluding carboxylic acids is 3. The van der Waals surface area contributed by atoms with Crippen LogP contribution in [0, 0.1) is 0 Å². The van der Waals surface area contributed by atoms with Crippen LogP contribution in [-0.2, 0) is 28.6 Å². The maximum absolute atomic E-state index is 12.6. The van der Waals surface area contributed by atoms with Crippen LogP contribution in [0.4, 0.5) is 0 Å². The minimum atomic E-state index is -2.91. The average molecular weight is 512 g/mol. The van der Waals surface area contributed by atoms with Gasteiger partial charge in [0.25, 0.3) is 5.79 Å². The van der Waals surface area contributed by atoms with Gasteiger partial charge in [-0.25, -0.2) is 4.79 Å². The molecule has 2 aliphatic heterocycles. The molecule has 35 heavy (non-hydrogen) atoms. The lowest BCUT2D eigenvalue weighted by Crippen LogP contribution is -2.67. The van der Waals surface area contributed by atoms with Gasteiger partial charge in [-0.05, 0) is 0 Å². The molecule has 16 nitrogen and oxygen atoms in total. The van der Waals surface area contributed by atoms with Gasteiger partial charge in [-0.15, -0.1) is 0 Å². The molecule has 0 aromatic rings. The Kier molecular flexibility index (Phi) is 9.88. The molecule has 0 aromatic heterocycles. The standard InChI is InChI=1S/C19H32N2O14/c1-6(23)20-11-8(25)3-19(32,35-16(11)13(27)9(26)4-22)18(31)33-5-10-14(28)15(29)12(17(30)34-10)21-7(2)24/h8-17,22,25-30,32H,3-5H2,1-2H3,(H,20,23)(H,21,24)/t8-,9+,10+,11+,12+,13+,14-,15+,16+,17-,19-/m0/s1. The quantitative estimate of drug-likeness (QED) is 0.136. The highest BCUT2D eigenvalue weighted by molar-refractivity contribution is 5.78. The third kappa shape index (κ3) is 6.82. The van der Waals surface area contributed by atoms with Crippen LogP contribution in [0.25, 0.3) is 0 Å². The first kappa shape index (κ1) is 29.2. The second-order valence-corrected chi connectivity index (χ2v) is 8.48. The molecule has 16 heteroatoms. The molecule has 10 N–H and O–H groups in total. The van der Waals surface area contributed by atoms with E-state index in [4.69, 9.17) is 19.3 Å². The zero-order chi connectivity index (χ0) is 26.7. The molecule has 2 aliphatic rings. The van der Waals surface area contributed by atoms with Gasteiger partial charge in [0.1, 0.15) is 49.3 Å². The van der Waals surface area contributed by atoms with Crippen molar-refractivity contribution in [1.29, 1.82) is 0 Å². The maximum atomic E-state index is 12.6. The number of aliphatic hydroxyl groups excluding tert-OH is 7. The third-order valence-electron chi connectivity index (χ3n) is 5.66. The van der Waals surface area contributed by atoms with Crippen molar-refractivity contribution in [3.05, 3.63) is 0 Å². The summed E-state index contributed by atoms with van der Waals surface area (Å²) in [5.74, 6) is -5.73. The Morgan fingerprint density at radius 1 is 1.03 bits per heavy atom. The van der Waals surface area contributed by atoms with Gasteiger partial charge < -0.3 is 65.7 Å². The van der Waals surface area contributed by atoms with Gasteiger partial charge in [0.15, 0.2) is 6.29 Å². The summed E-state index contributed by atoms with van der Waals surface area (Å²) in [4.78, 5) is 35.3. The van der Waals surface area contributed by atoms with Crippen molar-refractivity contribution in [1.82, 2.24) is 10.6 Å². The second kappa shape index (κ2) is 11.8. The average Bonchev–Trinajstić information content (AvgIpc) is 2.78. The summed E-state index contributed by atoms with van der Waals surface area (Å²) in [5, 5.41) is 85.1. The Balaban J connectivity index is 2.12. The molecule has 202 valence electrons. The van der Waals surface area contributed by atoms with Gasteiger partial charge in [0.05, 0.1) is 18.8 Å². The molecular weight excluding hydrogens is 480 g/mol. The van der Waals surface area contributed by atoms with Crippen molar-refractivity contribution in [2.45, 2.75) is 87.2 Å². The Labute approximate surface area is 199 Å². The number of aliphatic hydroxyl groups is 8. The number of ether oxygens (including phenoxy) is 3. The molecule has 0 saturated carbocycles. The van der Waals surface area contributed by atoms with E-state index in [2.05, 4.69) is 10.6 Å². The Morgan fingerprint density at radius 2 is 1.60 bits per heavy atom. The second-order valence-electron chi connectivity index (χ2n) is 8.48. The van der Waals surface area contributed by atoms with Gasteiger partial charge in [-0.1, -0.05) is 0 Å². The van der Waals surface area contributed by atoms with Crippen LogP contribution in [0.2, 0.25) is 0 Å². The summed E-state index contributed by atoms with van der Waals surface area (Å²) < 4.78 is 15.2. The predicted molar refractivity (Wildman–Crippen MR) is 109 cm³/mol. The van der Waals surface area contributed by atoms with Crippen molar-refractivity contribution in [2.24, 2.45) is 0 Å². The fraction of sp³-hybridized carbons (Fsp3) is 0.842. The number of nitrogens with one attached hydrogen (secondary N) is 2. The van der Waals surface area contributed by atoms with Crippen LogP contribution in [0.15, 0.2) is 0 Å². The van der Waals surface area contributed by atoms with Crippen LogP contribution in [0.1, 0.15) is 20.3 Å². The fourth-order valence-corrected chi connectivity index (χ4v) is 3.87. The van der Waals surface area contributed by atoms with E-state index in [0.29, 0.717) is 0 Å². The first-order valence-electron chi connectivity index (χ1n) is 10.7. The Hall–Kier alpha value is -1.99. The largest absolute Gasteiger partial charge is 0.459 e. The number of hydrogen-bond donors (Lipinski definition) is 10. The third-order valence-corrected chi connectivity index (χ3v) is 5.66. The molecule has 2 heterocycles. The first-order valence-corrected chi connectivity index (χ1v) is 10.7. The summed E-state index contributed by atoms with van der Waals surface area (Å²) in [5.41, 5.74) is 0. The van der Waals surface area contributed by atoms with E-state index >= 15 is 0 Å². The molecule has 2 fully saturated rings. The highest BCUT2D eigenvalue weighted by atomic mass is 16.7. The molecule has 2 amide bonds. The van der Waals surface area contributed by atoms with Crippen LogP contribution in [0.3, 0.4) is 0 Å². The molecule has 11 atom stereocenters. The minimum absolute atomic E-state index is 0.621. The van der Waals surface area contributed by atoms with Crippen molar-refractivity contribution in [3.8, 4) is 0 Å². The molecule has 0 aromatic carbocycles. The van der Waals surface area contributed by atoms with E-state index in [-0.39, 0.29) is 0 Å². The van der Waals surface area contributed by atoms with E-state index in [9.17, 15) is 50.1 Å². The van der Waals surface area contributed by atoms with Crippen LogP contribution in [-0.4, -0.2) is 139 Å². The first-order chi connectivity index (χ1) is 16.2. The van der Waals surface area contributed by atoms with E-state index < -0.39 is 104 Å². The topological polar surface area (TPSA) is 265 Å². The lowest BCUT2D eigenvalue weighted by Gasteiger charge is -2.45. The van der Waals surface area contributed by atoms with Crippen molar-refractivity contribution in [2.75, 3.05) is 13.2 Å². The minimum Gasteiger partial charge on any atom is -0.459 e. The number of rotatable bonds is 8. The molecule has 0 unspecified atom stereocenters. The molecule has 0 bridgehead atoms. The summed E-state index contributed by atoms with van der Waals surface area (Å²) in [7, 11) is 0. The smallest absolute Gasteiger partial charge is 0.366 e. The molecule has 0 spiro atoms. The normalized spacial score (nSPS) is 39.3. The summed E-state index contributed by atoms with van der Waals surface area (Å²) >= 11 is 0. The lowest BCUT2D eigenvalue weighted by atomic mass is 9.88. The Morgan fingerprint density at radius 3 is 2.14 bits per heavy atom. The molecule has 2 saturated heterocycles. The van der Waals surface area contributed by atoms with E-state index in [1.165, 1.54) is 0 Å². The number of esters is 1. The summed E-state index contributed by atoms with van der Waals surface area (Å²) in [6.07, 6.45) is -14.8. The highest BCUT2D eigenvalue weighted by Crippen LogP contribution is 2.32. The fourth-order valence-electron chi connectivity index (χ4n) is 3.87. The van der Waals surface area contributed by atoms with E-state index in [1.54, 1.807) is 0 Å². The van der Waals surface area contributed by atoms with Gasteiger partial charge in [-0.3, -0.25) is 9.59 Å². The van der Waals surface area contributed by atoms with Gasteiger partial charge in [0.2, 0.25) is 11.8 Å². The van der Waals surface area contributed by atoms with Gasteiger partial charge in [-0.2, -0.15) is 0 Å². The zero-order valence-corrected chi connectivity index (χ0v) is 18.9. The van der Waals surface area contributed by atoms with Crippen LogP contribution in [0.5, 0.6) is 0 Å². The molecular formula is C19H32N2O14. The predicted octanol–water partition coefficient (Wildman–Crippen LogP) is -6.47. The highest BCUT2D eigenvalue weighted by Gasteiger charge is 2.55. The van der Waals surface area contributed by atoms with E-state index in [0.717, 1.165) is 13.8 Å². The lowest BCUT2D eigenvalue weighted by molar-refractivity contribution is -0.301. The molecule has 0 radical (unpaired) electrons. The van der Waals surface area contributed by atoms with E-state index in [1.807, 2.05) is 0 Å². The van der Waals surface area contributed by atoms with Crippen LogP contribution < -0.4 is 10.6 Å². The maximum Gasteiger partial charge on any atom is 0.366 e. The van der Waals surface area contributed by atoms with Gasteiger partial charge in [0, 0.05) is 20.3 Å². The monoisotopic (exact) mass is 512 g/mol. The number of carbonyl (C=O) groups is 3. The van der Waals surface area contributed by atoms with Crippen LogP contribution >= 0.6 is 0 Å². The summed E-state index contributed by atoms with van der Waals surface area (Å²) in [6, 6.07) is -2.77. The van der Waals surface area contributed by atoms with Crippen molar-refractivity contribution < 1.29 is 69.4 Å². The number of amides is 2. The molecule has 2 rings (SSSR count). The van der Waals surface area contributed by atoms with Crippen molar-refractivity contribution >= 4 is 17.8 Å². The zero-order valence-electron chi connectivity index (χ0n) is 18.9. The van der Waals surface area contributed by atoms with Crippen molar-refractivity contribution in [3.63, 3.8) is 0 Å². The SMILES string of the molecule is CC(=O)N[C@@H]1[C@@H](O)[C@@H](O)[C@@H](COC(=O)[C@]2(O)C[C@H](O)[C@@H](NC(C)=O)[C@H]([C@H](O)[C@H](O)CO)O2)O[C@@H]1O. The molecule has 0 aliphatic carbocycles. The van der Waals surface area contributed by atoms with Gasteiger partial charge >= 0.3 is 5.97 Å².